The molecule has 140 valence electrons. The van der Waals surface area contributed by atoms with Gasteiger partial charge in [0.1, 0.15) is 5.82 Å². The van der Waals surface area contributed by atoms with Crippen LogP contribution in [0.15, 0.2) is 41.5 Å². The summed E-state index contributed by atoms with van der Waals surface area (Å²) in [5, 5.41) is 13.8. The van der Waals surface area contributed by atoms with Crippen molar-refractivity contribution in [3.05, 3.63) is 42.4 Å². The first kappa shape index (κ1) is 18.5. The van der Waals surface area contributed by atoms with Crippen molar-refractivity contribution in [2.75, 3.05) is 20.1 Å². The summed E-state index contributed by atoms with van der Waals surface area (Å²) in [6.07, 6.45) is 5.74. The summed E-state index contributed by atoms with van der Waals surface area (Å²) < 4.78 is 0. The maximum absolute atomic E-state index is 10.5. The third-order valence-corrected chi connectivity index (χ3v) is 4.85. The quantitative estimate of drug-likeness (QED) is 0.550. The van der Waals surface area contributed by atoms with E-state index < -0.39 is 5.60 Å². The molecule has 1 aliphatic carbocycles. The average Bonchev–Trinajstić information content (AvgIpc) is 3.29. The van der Waals surface area contributed by atoms with Gasteiger partial charge in [0, 0.05) is 13.6 Å². The fourth-order valence-electron chi connectivity index (χ4n) is 3.39. The van der Waals surface area contributed by atoms with Crippen molar-refractivity contribution < 1.29 is 5.11 Å². The average molecular weight is 355 g/mol. The van der Waals surface area contributed by atoms with E-state index in [1.54, 1.807) is 0 Å². The molecule has 1 saturated carbocycles. The molecule has 0 unspecified atom stereocenters. The molecule has 0 amide bonds. The Labute approximate surface area is 155 Å². The number of hydrogen-bond donors (Lipinski definition) is 3. The van der Waals surface area contributed by atoms with Gasteiger partial charge in [-0.2, -0.15) is 0 Å². The van der Waals surface area contributed by atoms with Crippen LogP contribution in [0, 0.1) is 0 Å². The lowest BCUT2D eigenvalue weighted by molar-refractivity contribution is 0.0572. The predicted octanol–water partition coefficient (Wildman–Crippen LogP) is 2.78. The molecule has 1 heterocycles. The van der Waals surface area contributed by atoms with Crippen LogP contribution in [0.2, 0.25) is 0 Å². The second kappa shape index (κ2) is 8.36. The van der Waals surface area contributed by atoms with E-state index in [9.17, 15) is 5.11 Å². The zero-order valence-electron chi connectivity index (χ0n) is 15.7. The number of aliphatic imine (C=N–C) groups is 1. The number of rotatable bonds is 6. The van der Waals surface area contributed by atoms with E-state index in [2.05, 4.69) is 32.4 Å². The normalized spacial score (nSPS) is 16.7. The first-order chi connectivity index (χ1) is 12.6. The van der Waals surface area contributed by atoms with E-state index in [-0.39, 0.29) is 0 Å². The van der Waals surface area contributed by atoms with Crippen LogP contribution in [0.3, 0.4) is 0 Å². The van der Waals surface area contributed by atoms with E-state index in [1.807, 2.05) is 43.3 Å². The fourth-order valence-corrected chi connectivity index (χ4v) is 3.39. The Balaban J connectivity index is 1.66. The third-order valence-electron chi connectivity index (χ3n) is 4.85. The van der Waals surface area contributed by atoms with Gasteiger partial charge in [-0.3, -0.25) is 4.99 Å². The van der Waals surface area contributed by atoms with Crippen LogP contribution in [0.4, 0.5) is 0 Å². The molecule has 3 rings (SSSR count). The number of hydrogen-bond acceptors (Lipinski definition) is 3. The van der Waals surface area contributed by atoms with Crippen molar-refractivity contribution in [2.24, 2.45) is 4.99 Å². The van der Waals surface area contributed by atoms with Crippen LogP contribution in [0.25, 0.3) is 11.3 Å². The molecule has 1 aliphatic rings. The molecule has 1 aromatic carbocycles. The standard InChI is InChI=1S/C20H29N5O/c1-3-21-19(23-15-20(26)11-7-8-12-20)25(2)14-18-22-13-17(24-18)16-9-5-4-6-10-16/h4-6,9-10,13,26H,3,7-8,11-12,14-15H2,1-2H3,(H,21,23)(H,22,24). The molecular weight excluding hydrogens is 326 g/mol. The minimum absolute atomic E-state index is 0.451. The molecule has 0 spiro atoms. The second-order valence-electron chi connectivity index (χ2n) is 7.07. The molecule has 0 bridgehead atoms. The second-order valence-corrected chi connectivity index (χ2v) is 7.07. The van der Waals surface area contributed by atoms with E-state index in [4.69, 9.17) is 0 Å². The van der Waals surface area contributed by atoms with Crippen LogP contribution in [-0.2, 0) is 6.54 Å². The van der Waals surface area contributed by atoms with Gasteiger partial charge in [-0.1, -0.05) is 43.2 Å². The van der Waals surface area contributed by atoms with Gasteiger partial charge in [0.2, 0.25) is 0 Å². The minimum Gasteiger partial charge on any atom is -0.388 e. The summed E-state index contributed by atoms with van der Waals surface area (Å²) >= 11 is 0. The molecular formula is C20H29N5O. The van der Waals surface area contributed by atoms with Crippen molar-refractivity contribution in [1.29, 1.82) is 0 Å². The molecule has 0 atom stereocenters. The molecule has 1 aromatic heterocycles. The van der Waals surface area contributed by atoms with E-state index in [0.29, 0.717) is 13.1 Å². The summed E-state index contributed by atoms with van der Waals surface area (Å²) in [6.45, 7) is 3.91. The molecule has 6 heteroatoms. The topological polar surface area (TPSA) is 76.5 Å². The Morgan fingerprint density at radius 3 is 2.73 bits per heavy atom. The van der Waals surface area contributed by atoms with Crippen molar-refractivity contribution in [3.8, 4) is 11.3 Å². The van der Waals surface area contributed by atoms with Crippen LogP contribution in [0.1, 0.15) is 38.4 Å². The van der Waals surface area contributed by atoms with E-state index >= 15 is 0 Å². The Morgan fingerprint density at radius 2 is 2.04 bits per heavy atom. The molecule has 2 aromatic rings. The van der Waals surface area contributed by atoms with Crippen LogP contribution in [0.5, 0.6) is 0 Å². The zero-order chi connectivity index (χ0) is 18.4. The molecule has 6 nitrogen and oxygen atoms in total. The SMILES string of the molecule is CCNC(=NCC1(O)CCCC1)N(C)Cc1ncc(-c2ccccc2)[nH]1. The monoisotopic (exact) mass is 355 g/mol. The van der Waals surface area contributed by atoms with E-state index in [0.717, 1.165) is 55.3 Å². The molecule has 26 heavy (non-hydrogen) atoms. The number of aliphatic hydroxyl groups is 1. The van der Waals surface area contributed by atoms with Gasteiger partial charge >= 0.3 is 0 Å². The summed E-state index contributed by atoms with van der Waals surface area (Å²) in [5.41, 5.74) is 1.50. The summed E-state index contributed by atoms with van der Waals surface area (Å²) in [4.78, 5) is 14.6. The lowest BCUT2D eigenvalue weighted by Crippen LogP contribution is -2.40. The number of imidazole rings is 1. The highest BCUT2D eigenvalue weighted by Crippen LogP contribution is 2.29. The smallest absolute Gasteiger partial charge is 0.194 e. The lowest BCUT2D eigenvalue weighted by Gasteiger charge is -2.24. The van der Waals surface area contributed by atoms with Crippen molar-refractivity contribution in [1.82, 2.24) is 20.2 Å². The lowest BCUT2D eigenvalue weighted by atomic mass is 10.0. The summed E-state index contributed by atoms with van der Waals surface area (Å²) in [6, 6.07) is 10.2. The molecule has 0 saturated heterocycles. The number of benzene rings is 1. The largest absolute Gasteiger partial charge is 0.388 e. The zero-order valence-corrected chi connectivity index (χ0v) is 15.7. The Morgan fingerprint density at radius 1 is 1.31 bits per heavy atom. The highest BCUT2D eigenvalue weighted by atomic mass is 16.3. The predicted molar refractivity (Wildman–Crippen MR) is 105 cm³/mol. The highest BCUT2D eigenvalue weighted by Gasteiger charge is 2.31. The molecule has 3 N–H and O–H groups in total. The van der Waals surface area contributed by atoms with Gasteiger partial charge in [0.15, 0.2) is 5.96 Å². The molecule has 0 radical (unpaired) electrons. The Hall–Kier alpha value is -2.34. The van der Waals surface area contributed by atoms with Gasteiger partial charge in [-0.25, -0.2) is 4.98 Å². The van der Waals surface area contributed by atoms with Crippen LogP contribution < -0.4 is 5.32 Å². The van der Waals surface area contributed by atoms with Gasteiger partial charge in [-0.05, 0) is 25.3 Å². The maximum atomic E-state index is 10.5. The van der Waals surface area contributed by atoms with E-state index in [1.165, 1.54) is 0 Å². The van der Waals surface area contributed by atoms with Gasteiger partial charge in [0.05, 0.1) is 30.6 Å². The molecule has 0 aliphatic heterocycles. The van der Waals surface area contributed by atoms with Crippen molar-refractivity contribution >= 4 is 5.96 Å². The number of nitrogens with one attached hydrogen (secondary N) is 2. The number of aromatic nitrogens is 2. The van der Waals surface area contributed by atoms with Crippen molar-refractivity contribution in [2.45, 2.75) is 44.8 Å². The first-order valence-corrected chi connectivity index (χ1v) is 9.41. The van der Waals surface area contributed by atoms with Crippen molar-refractivity contribution in [3.63, 3.8) is 0 Å². The minimum atomic E-state index is -0.632. The number of guanidine groups is 1. The van der Waals surface area contributed by atoms with Crippen LogP contribution >= 0.6 is 0 Å². The first-order valence-electron chi connectivity index (χ1n) is 9.41. The number of H-pyrrole nitrogens is 1. The van der Waals surface area contributed by atoms with Crippen LogP contribution in [-0.4, -0.2) is 51.7 Å². The summed E-state index contributed by atoms with van der Waals surface area (Å²) in [7, 11) is 1.99. The highest BCUT2D eigenvalue weighted by molar-refractivity contribution is 5.79. The Bertz CT molecular complexity index is 719. The number of nitrogens with zero attached hydrogens (tertiary/aromatic N) is 3. The summed E-state index contributed by atoms with van der Waals surface area (Å²) in [5.74, 6) is 1.68. The maximum Gasteiger partial charge on any atom is 0.194 e. The molecule has 1 fully saturated rings. The van der Waals surface area contributed by atoms with Gasteiger partial charge < -0.3 is 20.3 Å². The number of aromatic amines is 1. The van der Waals surface area contributed by atoms with Gasteiger partial charge in [0.25, 0.3) is 0 Å². The Kier molecular flexibility index (Phi) is 5.93. The fraction of sp³-hybridized carbons (Fsp3) is 0.500. The third kappa shape index (κ3) is 4.64. The van der Waals surface area contributed by atoms with Gasteiger partial charge in [-0.15, -0.1) is 0 Å².